The molecule has 0 aromatic heterocycles. The molecule has 18 heavy (non-hydrogen) atoms. The van der Waals surface area contributed by atoms with Crippen molar-refractivity contribution in [2.45, 2.75) is 19.3 Å². The molecule has 1 rings (SSSR count). The molecule has 0 unspecified atom stereocenters. The van der Waals surface area contributed by atoms with Crippen LogP contribution in [0.3, 0.4) is 0 Å². The first-order chi connectivity index (χ1) is 8.50. The van der Waals surface area contributed by atoms with E-state index >= 15 is 0 Å². The van der Waals surface area contributed by atoms with Gasteiger partial charge in [-0.25, -0.2) is 4.39 Å². The summed E-state index contributed by atoms with van der Waals surface area (Å²) < 4.78 is 14.0. The average molecular weight is 317 g/mol. The Morgan fingerprint density at radius 3 is 2.67 bits per heavy atom. The predicted octanol–water partition coefficient (Wildman–Crippen LogP) is 1.97. The third-order valence-corrected chi connectivity index (χ3v) is 2.80. The van der Waals surface area contributed by atoms with Crippen LogP contribution in [-0.2, 0) is 4.79 Å². The molecule has 0 bridgehead atoms. The van der Waals surface area contributed by atoms with Crippen molar-refractivity contribution in [3.63, 3.8) is 0 Å². The number of carbonyl (C=O) groups excluding carboxylic acids is 2. The van der Waals surface area contributed by atoms with E-state index in [-0.39, 0.29) is 11.5 Å². The van der Waals surface area contributed by atoms with Crippen molar-refractivity contribution in [1.29, 1.82) is 0 Å². The summed E-state index contributed by atoms with van der Waals surface area (Å²) in [6.45, 7) is 0.390. The van der Waals surface area contributed by atoms with Crippen LogP contribution >= 0.6 is 15.9 Å². The molecule has 1 aromatic carbocycles. The molecule has 0 aliphatic carbocycles. The van der Waals surface area contributed by atoms with E-state index in [1.165, 1.54) is 12.1 Å². The van der Waals surface area contributed by atoms with Gasteiger partial charge >= 0.3 is 0 Å². The molecule has 0 heterocycles. The summed E-state index contributed by atoms with van der Waals surface area (Å²) in [5.41, 5.74) is 4.99. The number of carbonyl (C=O) groups is 2. The first-order valence-corrected chi connectivity index (χ1v) is 6.31. The van der Waals surface area contributed by atoms with Crippen molar-refractivity contribution < 1.29 is 14.0 Å². The maximum absolute atomic E-state index is 13.4. The molecule has 98 valence electrons. The minimum atomic E-state index is -0.570. The van der Waals surface area contributed by atoms with E-state index in [9.17, 15) is 14.0 Å². The Morgan fingerprint density at radius 1 is 1.33 bits per heavy atom. The molecular formula is C12H14BrFN2O2. The van der Waals surface area contributed by atoms with Crippen molar-refractivity contribution in [2.75, 3.05) is 6.54 Å². The van der Waals surface area contributed by atoms with Gasteiger partial charge in [0.15, 0.2) is 0 Å². The van der Waals surface area contributed by atoms with Crippen LogP contribution in [0.1, 0.15) is 29.6 Å². The molecule has 1 aromatic rings. The molecule has 6 heteroatoms. The fraction of sp³-hybridized carbons (Fsp3) is 0.333. The van der Waals surface area contributed by atoms with E-state index in [0.29, 0.717) is 30.3 Å². The van der Waals surface area contributed by atoms with Crippen LogP contribution in [0, 0.1) is 5.82 Å². The Balaban J connectivity index is 2.39. The van der Waals surface area contributed by atoms with Gasteiger partial charge in [-0.3, -0.25) is 9.59 Å². The van der Waals surface area contributed by atoms with Gasteiger partial charge in [0.2, 0.25) is 5.91 Å². The monoisotopic (exact) mass is 316 g/mol. The average Bonchev–Trinajstić information content (AvgIpc) is 2.27. The molecule has 0 fully saturated rings. The number of halogens is 2. The highest BCUT2D eigenvalue weighted by Crippen LogP contribution is 2.15. The predicted molar refractivity (Wildman–Crippen MR) is 69.5 cm³/mol. The topological polar surface area (TPSA) is 72.2 Å². The highest BCUT2D eigenvalue weighted by Gasteiger charge is 2.10. The van der Waals surface area contributed by atoms with Crippen LogP contribution in [0.2, 0.25) is 0 Å². The van der Waals surface area contributed by atoms with Gasteiger partial charge < -0.3 is 11.1 Å². The largest absolute Gasteiger partial charge is 0.370 e. The summed E-state index contributed by atoms with van der Waals surface area (Å²) in [6, 6.07) is 4.26. The van der Waals surface area contributed by atoms with Crippen LogP contribution in [0.25, 0.3) is 0 Å². The number of unbranched alkanes of at least 4 members (excludes halogenated alkanes) is 1. The van der Waals surface area contributed by atoms with Crippen molar-refractivity contribution in [1.82, 2.24) is 5.32 Å². The van der Waals surface area contributed by atoms with Crippen molar-refractivity contribution in [2.24, 2.45) is 5.73 Å². The Labute approximate surface area is 113 Å². The van der Waals surface area contributed by atoms with E-state index in [1.54, 1.807) is 6.07 Å². The minimum Gasteiger partial charge on any atom is -0.370 e. The highest BCUT2D eigenvalue weighted by molar-refractivity contribution is 9.10. The van der Waals surface area contributed by atoms with Crippen LogP contribution in [0.5, 0.6) is 0 Å². The van der Waals surface area contributed by atoms with Gasteiger partial charge in [0.1, 0.15) is 5.82 Å². The molecule has 0 spiro atoms. The van der Waals surface area contributed by atoms with Gasteiger partial charge in [-0.15, -0.1) is 0 Å². The lowest BCUT2D eigenvalue weighted by molar-refractivity contribution is -0.118. The van der Waals surface area contributed by atoms with Crippen LogP contribution in [-0.4, -0.2) is 18.4 Å². The molecule has 0 radical (unpaired) electrons. The van der Waals surface area contributed by atoms with Gasteiger partial charge in [-0.05, 0) is 31.0 Å². The van der Waals surface area contributed by atoms with E-state index < -0.39 is 11.7 Å². The zero-order chi connectivity index (χ0) is 13.5. The van der Waals surface area contributed by atoms with Crippen molar-refractivity contribution in [3.8, 4) is 0 Å². The Hall–Kier alpha value is -1.43. The lowest BCUT2D eigenvalue weighted by atomic mass is 10.2. The number of hydrogen-bond donors (Lipinski definition) is 2. The highest BCUT2D eigenvalue weighted by atomic mass is 79.9. The number of rotatable bonds is 6. The summed E-state index contributed by atoms with van der Waals surface area (Å²) in [7, 11) is 0. The van der Waals surface area contributed by atoms with E-state index in [1.807, 2.05) is 0 Å². The second-order valence-corrected chi connectivity index (χ2v) is 4.72. The minimum absolute atomic E-state index is 0.00750. The first-order valence-electron chi connectivity index (χ1n) is 5.52. The Kier molecular flexibility index (Phi) is 5.77. The second-order valence-electron chi connectivity index (χ2n) is 3.80. The Bertz CT molecular complexity index is 452. The zero-order valence-electron chi connectivity index (χ0n) is 9.71. The smallest absolute Gasteiger partial charge is 0.254 e. The van der Waals surface area contributed by atoms with E-state index in [0.717, 1.165) is 0 Å². The molecule has 0 atom stereocenters. The zero-order valence-corrected chi connectivity index (χ0v) is 11.3. The lowest BCUT2D eigenvalue weighted by Gasteiger charge is -2.06. The molecule has 2 amide bonds. The van der Waals surface area contributed by atoms with Crippen LogP contribution in [0.15, 0.2) is 22.7 Å². The summed E-state index contributed by atoms with van der Waals surface area (Å²) >= 11 is 3.12. The molecule has 0 aliphatic heterocycles. The van der Waals surface area contributed by atoms with Crippen molar-refractivity contribution >= 4 is 27.7 Å². The molecule has 0 saturated carbocycles. The summed E-state index contributed by atoms with van der Waals surface area (Å²) in [4.78, 5) is 22.1. The third kappa shape index (κ3) is 4.83. The summed E-state index contributed by atoms with van der Waals surface area (Å²) in [5.74, 6) is -1.39. The standard InChI is InChI=1S/C12H14BrFN2O2/c13-8-4-5-9(10(14)7-8)12(18)16-6-2-1-3-11(15)17/h4-5,7H,1-3,6H2,(H2,15,17)(H,16,18). The summed E-state index contributed by atoms with van der Waals surface area (Å²) in [5, 5.41) is 2.59. The van der Waals surface area contributed by atoms with Crippen molar-refractivity contribution in [3.05, 3.63) is 34.1 Å². The fourth-order valence-corrected chi connectivity index (χ4v) is 1.73. The number of nitrogens with one attached hydrogen (secondary N) is 1. The lowest BCUT2D eigenvalue weighted by Crippen LogP contribution is -2.25. The second kappa shape index (κ2) is 7.10. The fourth-order valence-electron chi connectivity index (χ4n) is 1.39. The molecule has 4 nitrogen and oxygen atoms in total. The van der Waals surface area contributed by atoms with Gasteiger partial charge in [-0.2, -0.15) is 0 Å². The van der Waals surface area contributed by atoms with E-state index in [2.05, 4.69) is 21.2 Å². The number of benzene rings is 1. The number of primary amides is 1. The normalized spacial score (nSPS) is 10.1. The maximum Gasteiger partial charge on any atom is 0.254 e. The quantitative estimate of drug-likeness (QED) is 0.788. The van der Waals surface area contributed by atoms with Gasteiger partial charge in [-0.1, -0.05) is 15.9 Å². The van der Waals surface area contributed by atoms with Crippen LogP contribution in [0.4, 0.5) is 4.39 Å². The maximum atomic E-state index is 13.4. The number of hydrogen-bond acceptors (Lipinski definition) is 2. The molecule has 0 saturated heterocycles. The first kappa shape index (κ1) is 14.6. The molecular weight excluding hydrogens is 303 g/mol. The molecule has 3 N–H and O–H groups in total. The van der Waals surface area contributed by atoms with Crippen LogP contribution < -0.4 is 11.1 Å². The SMILES string of the molecule is NC(=O)CCCCNC(=O)c1ccc(Br)cc1F. The van der Waals surface area contributed by atoms with Gasteiger partial charge in [0.25, 0.3) is 5.91 Å². The Morgan fingerprint density at radius 2 is 2.06 bits per heavy atom. The summed E-state index contributed by atoms with van der Waals surface area (Å²) in [6.07, 6.45) is 1.54. The van der Waals surface area contributed by atoms with Gasteiger partial charge in [0.05, 0.1) is 5.56 Å². The third-order valence-electron chi connectivity index (χ3n) is 2.31. The van der Waals surface area contributed by atoms with Gasteiger partial charge in [0, 0.05) is 17.4 Å². The molecule has 0 aliphatic rings. The number of amides is 2. The van der Waals surface area contributed by atoms with E-state index in [4.69, 9.17) is 5.73 Å². The number of nitrogens with two attached hydrogens (primary N) is 1.